The quantitative estimate of drug-likeness (QED) is 0.352. The highest BCUT2D eigenvalue weighted by atomic mass is 35.5. The van der Waals surface area contributed by atoms with Gasteiger partial charge in [0.1, 0.15) is 0 Å². The average Bonchev–Trinajstić information content (AvgIpc) is 2.06. The lowest BCUT2D eigenvalue weighted by atomic mass is 10.0. The van der Waals surface area contributed by atoms with Crippen molar-refractivity contribution in [1.29, 1.82) is 0 Å². The zero-order valence-corrected chi connectivity index (χ0v) is 8.74. The second kappa shape index (κ2) is 9.08. The normalized spacial score (nSPS) is 12.8. The molecule has 0 saturated heterocycles. The van der Waals surface area contributed by atoms with Crippen molar-refractivity contribution >= 4 is 11.6 Å². The van der Waals surface area contributed by atoms with E-state index in [1.165, 1.54) is 12.8 Å². The van der Waals surface area contributed by atoms with Crippen molar-refractivity contribution in [1.82, 2.24) is 5.32 Å². The Morgan fingerprint density at radius 1 is 1.50 bits per heavy atom. The molecular weight excluding hydrogens is 170 g/mol. The molecular formula is C10H20ClN. The molecule has 0 heterocycles. The van der Waals surface area contributed by atoms with Gasteiger partial charge in [-0.2, -0.15) is 0 Å². The summed E-state index contributed by atoms with van der Waals surface area (Å²) >= 11 is 5.70. The third kappa shape index (κ3) is 6.68. The predicted molar refractivity (Wildman–Crippen MR) is 56.8 cm³/mol. The van der Waals surface area contributed by atoms with E-state index in [1.807, 2.05) is 6.08 Å². The van der Waals surface area contributed by atoms with Crippen LogP contribution in [-0.4, -0.2) is 19.0 Å². The highest BCUT2D eigenvalue weighted by molar-refractivity contribution is 6.17. The molecule has 0 aliphatic heterocycles. The molecule has 0 saturated carbocycles. The zero-order valence-electron chi connectivity index (χ0n) is 7.98. The van der Waals surface area contributed by atoms with Crippen LogP contribution in [-0.2, 0) is 0 Å². The minimum atomic E-state index is 0.743. The Morgan fingerprint density at radius 3 is 2.75 bits per heavy atom. The van der Waals surface area contributed by atoms with E-state index in [4.69, 9.17) is 11.6 Å². The van der Waals surface area contributed by atoms with Gasteiger partial charge in [0.2, 0.25) is 0 Å². The van der Waals surface area contributed by atoms with E-state index in [2.05, 4.69) is 18.8 Å². The van der Waals surface area contributed by atoms with Gasteiger partial charge in [-0.1, -0.05) is 19.4 Å². The first kappa shape index (κ1) is 12.0. The van der Waals surface area contributed by atoms with E-state index in [-0.39, 0.29) is 0 Å². The summed E-state index contributed by atoms with van der Waals surface area (Å²) in [5.74, 6) is 1.52. The Labute approximate surface area is 81.2 Å². The zero-order chi connectivity index (χ0) is 9.23. The van der Waals surface area contributed by atoms with Crippen LogP contribution in [0.5, 0.6) is 0 Å². The second-order valence-corrected chi connectivity index (χ2v) is 3.46. The minimum Gasteiger partial charge on any atom is -0.313 e. The van der Waals surface area contributed by atoms with Gasteiger partial charge >= 0.3 is 0 Å². The van der Waals surface area contributed by atoms with Crippen LogP contribution in [0.25, 0.3) is 0 Å². The largest absolute Gasteiger partial charge is 0.313 e. The Hall–Kier alpha value is -0.0100. The van der Waals surface area contributed by atoms with E-state index in [0.717, 1.165) is 31.3 Å². The van der Waals surface area contributed by atoms with Crippen LogP contribution in [0.1, 0.15) is 26.2 Å². The molecule has 0 rings (SSSR count). The van der Waals surface area contributed by atoms with Gasteiger partial charge in [-0.05, 0) is 25.3 Å². The molecule has 0 fully saturated rings. The van der Waals surface area contributed by atoms with Gasteiger partial charge in [0, 0.05) is 12.4 Å². The lowest BCUT2D eigenvalue weighted by Gasteiger charge is -2.14. The van der Waals surface area contributed by atoms with Crippen LogP contribution in [0.2, 0.25) is 0 Å². The summed E-state index contributed by atoms with van der Waals surface area (Å²) in [4.78, 5) is 0. The fourth-order valence-corrected chi connectivity index (χ4v) is 1.61. The van der Waals surface area contributed by atoms with Gasteiger partial charge in [0.05, 0.1) is 0 Å². The Morgan fingerprint density at radius 2 is 2.25 bits per heavy atom. The molecule has 0 radical (unpaired) electrons. The van der Waals surface area contributed by atoms with Crippen molar-refractivity contribution in [2.75, 3.05) is 19.0 Å². The van der Waals surface area contributed by atoms with E-state index >= 15 is 0 Å². The summed E-state index contributed by atoms with van der Waals surface area (Å²) in [6, 6.07) is 0. The summed E-state index contributed by atoms with van der Waals surface area (Å²) in [5.41, 5.74) is 0. The Bertz CT molecular complexity index is 98.0. The monoisotopic (exact) mass is 189 g/mol. The molecule has 0 aromatic carbocycles. The number of nitrogens with one attached hydrogen (secondary N) is 1. The van der Waals surface area contributed by atoms with Gasteiger partial charge in [-0.25, -0.2) is 0 Å². The molecule has 1 N–H and O–H groups in total. The first-order chi connectivity index (χ1) is 5.85. The van der Waals surface area contributed by atoms with Crippen molar-refractivity contribution < 1.29 is 0 Å². The molecule has 72 valence electrons. The highest BCUT2D eigenvalue weighted by Gasteiger charge is 2.05. The van der Waals surface area contributed by atoms with Gasteiger partial charge in [0.25, 0.3) is 0 Å². The molecule has 1 nitrogen and oxygen atoms in total. The summed E-state index contributed by atoms with van der Waals surface area (Å²) < 4.78 is 0. The average molecular weight is 190 g/mol. The number of halogens is 1. The molecule has 0 spiro atoms. The molecule has 0 aliphatic rings. The third-order valence-corrected chi connectivity index (χ3v) is 2.15. The minimum absolute atomic E-state index is 0.743. The number of hydrogen-bond acceptors (Lipinski definition) is 1. The van der Waals surface area contributed by atoms with Crippen LogP contribution in [0.3, 0.4) is 0 Å². The molecule has 0 aliphatic carbocycles. The van der Waals surface area contributed by atoms with Gasteiger partial charge in [-0.3, -0.25) is 0 Å². The van der Waals surface area contributed by atoms with Crippen molar-refractivity contribution in [3.8, 4) is 0 Å². The summed E-state index contributed by atoms with van der Waals surface area (Å²) in [6.07, 6.45) is 5.54. The maximum absolute atomic E-state index is 5.70. The first-order valence-electron chi connectivity index (χ1n) is 4.72. The Kier molecular flexibility index (Phi) is 9.07. The van der Waals surface area contributed by atoms with E-state index in [9.17, 15) is 0 Å². The van der Waals surface area contributed by atoms with Crippen LogP contribution in [0.4, 0.5) is 0 Å². The molecule has 0 bridgehead atoms. The molecule has 0 aromatic rings. The first-order valence-corrected chi connectivity index (χ1v) is 5.26. The molecule has 12 heavy (non-hydrogen) atoms. The predicted octanol–water partition coefficient (Wildman–Crippen LogP) is 2.81. The van der Waals surface area contributed by atoms with Gasteiger partial charge < -0.3 is 5.32 Å². The molecule has 0 amide bonds. The van der Waals surface area contributed by atoms with Crippen molar-refractivity contribution in [2.24, 2.45) is 5.92 Å². The summed E-state index contributed by atoms with van der Waals surface area (Å²) in [7, 11) is 0. The maximum Gasteiger partial charge on any atom is 0.0226 e. The van der Waals surface area contributed by atoms with E-state index in [1.54, 1.807) is 0 Å². The standard InChI is InChI=1S/C10H20ClN/c1-3-5-10(6-7-11)9-12-8-4-2/h4,10,12H,2-3,5-9H2,1H3. The van der Waals surface area contributed by atoms with Crippen molar-refractivity contribution in [2.45, 2.75) is 26.2 Å². The Balaban J connectivity index is 3.40. The lowest BCUT2D eigenvalue weighted by molar-refractivity contribution is 0.440. The third-order valence-electron chi connectivity index (χ3n) is 1.94. The summed E-state index contributed by atoms with van der Waals surface area (Å²) in [6.45, 7) is 7.86. The number of rotatable bonds is 8. The topological polar surface area (TPSA) is 12.0 Å². The fourth-order valence-electron chi connectivity index (χ4n) is 1.30. The number of alkyl halides is 1. The lowest BCUT2D eigenvalue weighted by Crippen LogP contribution is -2.23. The van der Waals surface area contributed by atoms with Crippen LogP contribution in [0.15, 0.2) is 12.7 Å². The van der Waals surface area contributed by atoms with Crippen molar-refractivity contribution in [3.05, 3.63) is 12.7 Å². The van der Waals surface area contributed by atoms with Crippen LogP contribution in [0, 0.1) is 5.92 Å². The van der Waals surface area contributed by atoms with E-state index in [0.29, 0.717) is 0 Å². The summed E-state index contributed by atoms with van der Waals surface area (Å²) in [5, 5.41) is 3.33. The van der Waals surface area contributed by atoms with E-state index < -0.39 is 0 Å². The fraction of sp³-hybridized carbons (Fsp3) is 0.800. The molecule has 2 heteroatoms. The van der Waals surface area contributed by atoms with Crippen LogP contribution < -0.4 is 5.32 Å². The smallest absolute Gasteiger partial charge is 0.0226 e. The highest BCUT2D eigenvalue weighted by Crippen LogP contribution is 2.10. The van der Waals surface area contributed by atoms with Gasteiger partial charge in [0.15, 0.2) is 0 Å². The van der Waals surface area contributed by atoms with Crippen molar-refractivity contribution in [3.63, 3.8) is 0 Å². The number of hydrogen-bond donors (Lipinski definition) is 1. The second-order valence-electron chi connectivity index (χ2n) is 3.08. The van der Waals surface area contributed by atoms with Crippen LogP contribution >= 0.6 is 11.6 Å². The maximum atomic E-state index is 5.70. The molecule has 1 unspecified atom stereocenters. The SMILES string of the molecule is C=CCNCC(CCC)CCCl. The molecule has 0 aromatic heterocycles. The molecule has 1 atom stereocenters. The van der Waals surface area contributed by atoms with Gasteiger partial charge in [-0.15, -0.1) is 18.2 Å².